The number of carbonyl (C=O) groups excluding carboxylic acids is 1. The molecular formula is C12H21NO2. The highest BCUT2D eigenvalue weighted by atomic mass is 16.3. The summed E-state index contributed by atoms with van der Waals surface area (Å²) >= 11 is 0. The maximum atomic E-state index is 11.6. The molecular weight excluding hydrogens is 190 g/mol. The maximum Gasteiger partial charge on any atom is 0.249 e. The Morgan fingerprint density at radius 2 is 2.07 bits per heavy atom. The van der Waals surface area contributed by atoms with Gasteiger partial charge in [-0.2, -0.15) is 0 Å². The van der Waals surface area contributed by atoms with Crippen molar-refractivity contribution in [1.82, 2.24) is 5.32 Å². The number of carbonyl (C=O) groups is 1. The number of hydrogen-bond acceptors (Lipinski definition) is 2. The molecule has 0 fully saturated rings. The van der Waals surface area contributed by atoms with Gasteiger partial charge in [-0.15, -0.1) is 0 Å². The summed E-state index contributed by atoms with van der Waals surface area (Å²) in [5.74, 6) is -0.124. The lowest BCUT2D eigenvalue weighted by molar-refractivity contribution is -0.125. The van der Waals surface area contributed by atoms with Crippen molar-refractivity contribution in [3.05, 3.63) is 11.6 Å². The van der Waals surface area contributed by atoms with Gasteiger partial charge >= 0.3 is 0 Å². The third-order valence-corrected chi connectivity index (χ3v) is 2.92. The second-order valence-electron chi connectivity index (χ2n) is 5.24. The van der Waals surface area contributed by atoms with E-state index >= 15 is 0 Å². The molecule has 0 bridgehead atoms. The molecule has 1 heterocycles. The Hall–Kier alpha value is -0.830. The molecule has 1 amide bonds. The van der Waals surface area contributed by atoms with E-state index in [1.165, 1.54) is 0 Å². The van der Waals surface area contributed by atoms with Crippen molar-refractivity contribution in [3.8, 4) is 0 Å². The molecule has 0 radical (unpaired) electrons. The van der Waals surface area contributed by atoms with Gasteiger partial charge in [-0.25, -0.2) is 0 Å². The van der Waals surface area contributed by atoms with E-state index in [1.54, 1.807) is 6.08 Å². The molecule has 0 aromatic heterocycles. The molecule has 0 saturated carbocycles. The lowest BCUT2D eigenvalue weighted by atomic mass is 9.83. The quantitative estimate of drug-likeness (QED) is 0.749. The predicted octanol–water partition coefficient (Wildman–Crippen LogP) is 1.97. The summed E-state index contributed by atoms with van der Waals surface area (Å²) in [6.45, 7) is 7.81. The molecule has 0 aromatic rings. The monoisotopic (exact) mass is 211 g/mol. The smallest absolute Gasteiger partial charge is 0.249 e. The second-order valence-corrected chi connectivity index (χ2v) is 5.24. The number of amides is 1. The number of nitrogens with one attached hydrogen (secondary N) is 1. The maximum absolute atomic E-state index is 11.6. The molecule has 1 aliphatic rings. The Morgan fingerprint density at radius 1 is 1.47 bits per heavy atom. The topological polar surface area (TPSA) is 49.3 Å². The number of aliphatic hydroxyl groups is 1. The zero-order valence-electron chi connectivity index (χ0n) is 10.1. The molecule has 0 aliphatic carbocycles. The predicted molar refractivity (Wildman–Crippen MR) is 60.2 cm³/mol. The van der Waals surface area contributed by atoms with Crippen molar-refractivity contribution < 1.29 is 9.90 Å². The summed E-state index contributed by atoms with van der Waals surface area (Å²) in [5, 5.41) is 12.9. The van der Waals surface area contributed by atoms with Gasteiger partial charge in [0.15, 0.2) is 5.72 Å². The Morgan fingerprint density at radius 3 is 2.47 bits per heavy atom. The molecule has 1 aliphatic heterocycles. The standard InChI is InChI=1S/C12H21NO2/c1-5-6-7-9-8-12(15,11(2,3)4)13-10(9)14/h8,15H,5-7H2,1-4H3,(H,13,14). The van der Waals surface area contributed by atoms with Crippen LogP contribution >= 0.6 is 0 Å². The first-order valence-electron chi connectivity index (χ1n) is 5.57. The summed E-state index contributed by atoms with van der Waals surface area (Å²) in [4.78, 5) is 11.6. The fourth-order valence-corrected chi connectivity index (χ4v) is 1.56. The first-order chi connectivity index (χ1) is 6.80. The third-order valence-electron chi connectivity index (χ3n) is 2.92. The van der Waals surface area contributed by atoms with E-state index in [9.17, 15) is 9.90 Å². The Labute approximate surface area is 91.6 Å². The van der Waals surface area contributed by atoms with Gasteiger partial charge in [-0.3, -0.25) is 4.79 Å². The van der Waals surface area contributed by atoms with Crippen molar-refractivity contribution in [2.75, 3.05) is 0 Å². The van der Waals surface area contributed by atoms with E-state index < -0.39 is 5.72 Å². The molecule has 1 rings (SSSR count). The summed E-state index contributed by atoms with van der Waals surface area (Å²) in [7, 11) is 0. The summed E-state index contributed by atoms with van der Waals surface area (Å²) in [6, 6.07) is 0. The van der Waals surface area contributed by atoms with Crippen molar-refractivity contribution in [2.45, 2.75) is 52.7 Å². The highest BCUT2D eigenvalue weighted by Crippen LogP contribution is 2.34. The highest BCUT2D eigenvalue weighted by Gasteiger charge is 2.44. The van der Waals surface area contributed by atoms with Crippen molar-refractivity contribution in [2.24, 2.45) is 5.41 Å². The van der Waals surface area contributed by atoms with Crippen LogP contribution in [0.4, 0.5) is 0 Å². The molecule has 3 heteroatoms. The molecule has 2 N–H and O–H groups in total. The van der Waals surface area contributed by atoms with Crippen molar-refractivity contribution in [3.63, 3.8) is 0 Å². The van der Waals surface area contributed by atoms with Gasteiger partial charge in [0.1, 0.15) is 0 Å². The van der Waals surface area contributed by atoms with Gasteiger partial charge in [0, 0.05) is 11.0 Å². The van der Waals surface area contributed by atoms with Crippen LogP contribution in [0.1, 0.15) is 47.0 Å². The van der Waals surface area contributed by atoms with Crippen LogP contribution in [0, 0.1) is 5.41 Å². The minimum absolute atomic E-state index is 0.124. The SMILES string of the molecule is CCCCC1=CC(O)(C(C)(C)C)NC1=O. The van der Waals surface area contributed by atoms with E-state index in [4.69, 9.17) is 0 Å². The fraction of sp³-hybridized carbons (Fsp3) is 0.750. The molecule has 1 atom stereocenters. The second kappa shape index (κ2) is 3.97. The van der Waals surface area contributed by atoms with Crippen LogP contribution in [-0.4, -0.2) is 16.7 Å². The highest BCUT2D eigenvalue weighted by molar-refractivity contribution is 5.96. The molecule has 3 nitrogen and oxygen atoms in total. The Bertz CT molecular complexity index is 288. The van der Waals surface area contributed by atoms with Gasteiger partial charge in [-0.1, -0.05) is 34.1 Å². The van der Waals surface area contributed by atoms with E-state index in [-0.39, 0.29) is 11.3 Å². The van der Waals surface area contributed by atoms with Crippen LogP contribution in [0.2, 0.25) is 0 Å². The minimum Gasteiger partial charge on any atom is -0.367 e. The van der Waals surface area contributed by atoms with Crippen LogP contribution in [0.5, 0.6) is 0 Å². The summed E-state index contributed by atoms with van der Waals surface area (Å²) < 4.78 is 0. The molecule has 0 spiro atoms. The van der Waals surface area contributed by atoms with Gasteiger partial charge < -0.3 is 10.4 Å². The largest absolute Gasteiger partial charge is 0.367 e. The summed E-state index contributed by atoms with van der Waals surface area (Å²) in [6.07, 6.45) is 4.48. The van der Waals surface area contributed by atoms with Gasteiger partial charge in [0.2, 0.25) is 5.91 Å². The molecule has 0 aromatic carbocycles. The van der Waals surface area contributed by atoms with E-state index in [0.717, 1.165) is 19.3 Å². The fourth-order valence-electron chi connectivity index (χ4n) is 1.56. The summed E-state index contributed by atoms with van der Waals surface area (Å²) in [5.41, 5.74) is -0.849. The number of rotatable bonds is 3. The molecule has 86 valence electrons. The van der Waals surface area contributed by atoms with Crippen molar-refractivity contribution >= 4 is 5.91 Å². The minimum atomic E-state index is -1.19. The van der Waals surface area contributed by atoms with Crippen molar-refractivity contribution in [1.29, 1.82) is 0 Å². The molecule has 0 saturated heterocycles. The first kappa shape index (κ1) is 12.2. The normalized spacial score (nSPS) is 26.5. The lowest BCUT2D eigenvalue weighted by Gasteiger charge is -2.35. The first-order valence-corrected chi connectivity index (χ1v) is 5.57. The van der Waals surface area contributed by atoms with Crippen LogP contribution in [0.3, 0.4) is 0 Å². The van der Waals surface area contributed by atoms with E-state index in [1.807, 2.05) is 20.8 Å². The van der Waals surface area contributed by atoms with Crippen LogP contribution in [0.15, 0.2) is 11.6 Å². The van der Waals surface area contributed by atoms with Gasteiger partial charge in [0.25, 0.3) is 0 Å². The van der Waals surface area contributed by atoms with Crippen LogP contribution < -0.4 is 5.32 Å². The van der Waals surface area contributed by atoms with E-state index in [0.29, 0.717) is 5.57 Å². The van der Waals surface area contributed by atoms with Gasteiger partial charge in [0.05, 0.1) is 0 Å². The van der Waals surface area contributed by atoms with Gasteiger partial charge in [-0.05, 0) is 18.9 Å². The lowest BCUT2D eigenvalue weighted by Crippen LogP contribution is -2.52. The van der Waals surface area contributed by atoms with Crippen LogP contribution in [-0.2, 0) is 4.79 Å². The zero-order valence-corrected chi connectivity index (χ0v) is 10.1. The Balaban J connectivity index is 2.83. The third kappa shape index (κ3) is 2.40. The number of hydrogen-bond donors (Lipinski definition) is 2. The number of unbranched alkanes of at least 4 members (excludes halogenated alkanes) is 1. The van der Waals surface area contributed by atoms with Crippen LogP contribution in [0.25, 0.3) is 0 Å². The molecule has 15 heavy (non-hydrogen) atoms. The van der Waals surface area contributed by atoms with E-state index in [2.05, 4.69) is 12.2 Å². The molecule has 1 unspecified atom stereocenters. The Kier molecular flexibility index (Phi) is 3.24. The zero-order chi connectivity index (χ0) is 11.7. The average molecular weight is 211 g/mol. The average Bonchev–Trinajstić information content (AvgIpc) is 2.38.